The van der Waals surface area contributed by atoms with E-state index in [0.29, 0.717) is 29.1 Å². The summed E-state index contributed by atoms with van der Waals surface area (Å²) in [7, 11) is -3.72. The Labute approximate surface area is 128 Å². The normalized spacial score (nSPS) is 15.1. The van der Waals surface area contributed by atoms with Crippen molar-refractivity contribution in [2.24, 2.45) is 0 Å². The molecule has 1 aliphatic rings. The summed E-state index contributed by atoms with van der Waals surface area (Å²) in [6.45, 7) is 0.543. The molecule has 1 aromatic heterocycles. The summed E-state index contributed by atoms with van der Waals surface area (Å²) >= 11 is 5.77. The van der Waals surface area contributed by atoms with Crippen LogP contribution in [0.4, 0.5) is 5.69 Å². The predicted molar refractivity (Wildman–Crippen MR) is 80.8 cm³/mol. The van der Waals surface area contributed by atoms with Gasteiger partial charge in [-0.25, -0.2) is 0 Å². The van der Waals surface area contributed by atoms with Crippen molar-refractivity contribution in [3.05, 3.63) is 47.2 Å². The molecule has 5 nitrogen and oxygen atoms in total. The minimum absolute atomic E-state index is 0.0925. The van der Waals surface area contributed by atoms with Crippen LogP contribution in [0.5, 0.6) is 0 Å². The van der Waals surface area contributed by atoms with Crippen LogP contribution in [0.2, 0.25) is 5.02 Å². The number of sulfonamides is 1. The molecular formula is C14H15ClN2O3S. The Morgan fingerprint density at radius 1 is 1.14 bits per heavy atom. The van der Waals surface area contributed by atoms with Gasteiger partial charge in [0.15, 0.2) is 0 Å². The van der Waals surface area contributed by atoms with Gasteiger partial charge < -0.3 is 9.73 Å². The van der Waals surface area contributed by atoms with E-state index in [1.165, 1.54) is 18.9 Å². The van der Waals surface area contributed by atoms with Crippen LogP contribution < -0.4 is 10.0 Å². The van der Waals surface area contributed by atoms with E-state index in [1.54, 1.807) is 30.3 Å². The van der Waals surface area contributed by atoms with Crippen molar-refractivity contribution in [1.29, 1.82) is 0 Å². The maximum atomic E-state index is 12.2. The van der Waals surface area contributed by atoms with E-state index < -0.39 is 10.0 Å². The Bertz CT molecular complexity index is 721. The number of furan rings is 1. The fourth-order valence-electron chi connectivity index (χ4n) is 1.85. The highest BCUT2D eigenvalue weighted by Gasteiger charge is 2.22. The Morgan fingerprint density at radius 2 is 1.86 bits per heavy atom. The molecule has 1 heterocycles. The van der Waals surface area contributed by atoms with Gasteiger partial charge in [0, 0.05) is 16.8 Å². The second-order valence-electron chi connectivity index (χ2n) is 4.99. The summed E-state index contributed by atoms with van der Waals surface area (Å²) in [6, 6.07) is 10.1. The number of anilines is 1. The molecule has 0 spiro atoms. The van der Waals surface area contributed by atoms with E-state index in [2.05, 4.69) is 10.0 Å². The van der Waals surface area contributed by atoms with Crippen molar-refractivity contribution >= 4 is 27.3 Å². The van der Waals surface area contributed by atoms with E-state index in [4.69, 9.17) is 16.0 Å². The van der Waals surface area contributed by atoms with Crippen LogP contribution in [0, 0.1) is 0 Å². The first-order valence-corrected chi connectivity index (χ1v) is 8.49. The average Bonchev–Trinajstić information content (AvgIpc) is 3.15. The van der Waals surface area contributed by atoms with Crippen LogP contribution in [0.25, 0.3) is 0 Å². The lowest BCUT2D eigenvalue weighted by molar-refractivity contribution is 0.403. The van der Waals surface area contributed by atoms with E-state index >= 15 is 0 Å². The van der Waals surface area contributed by atoms with Crippen LogP contribution in [0.3, 0.4) is 0 Å². The molecule has 0 amide bonds. The second-order valence-corrected chi connectivity index (χ2v) is 7.04. The third-order valence-corrected chi connectivity index (χ3v) is 4.65. The van der Waals surface area contributed by atoms with Crippen molar-refractivity contribution in [3.63, 3.8) is 0 Å². The van der Waals surface area contributed by atoms with E-state index in [9.17, 15) is 8.42 Å². The first-order chi connectivity index (χ1) is 10.0. The lowest BCUT2D eigenvalue weighted by atomic mass is 10.3. The van der Waals surface area contributed by atoms with Gasteiger partial charge in [-0.05, 0) is 49.2 Å². The molecule has 1 aromatic carbocycles. The number of nitrogens with one attached hydrogen (secondary N) is 2. The van der Waals surface area contributed by atoms with Gasteiger partial charge in [0.2, 0.25) is 5.09 Å². The number of hydrogen-bond acceptors (Lipinski definition) is 4. The smallest absolute Gasteiger partial charge is 0.295 e. The van der Waals surface area contributed by atoms with Crippen molar-refractivity contribution in [3.8, 4) is 0 Å². The molecular weight excluding hydrogens is 312 g/mol. The summed E-state index contributed by atoms with van der Waals surface area (Å²) < 4.78 is 32.2. The Morgan fingerprint density at radius 3 is 2.52 bits per heavy atom. The molecule has 0 unspecified atom stereocenters. The minimum Gasteiger partial charge on any atom is -0.446 e. The topological polar surface area (TPSA) is 71.3 Å². The maximum absolute atomic E-state index is 12.2. The third-order valence-electron chi connectivity index (χ3n) is 3.14. The van der Waals surface area contributed by atoms with Crippen LogP contribution in [0.15, 0.2) is 45.9 Å². The quantitative estimate of drug-likeness (QED) is 0.856. The number of hydrogen-bond donors (Lipinski definition) is 2. The standard InChI is InChI=1S/C14H15ClN2O3S/c15-10-1-3-12(4-2-10)17-21(18,19)14-8-7-13(20-14)9-16-11-5-6-11/h1-4,7-8,11,16-17H,5-6,9H2. The van der Waals surface area contributed by atoms with Crippen LogP contribution in [-0.2, 0) is 16.6 Å². The highest BCUT2D eigenvalue weighted by Crippen LogP contribution is 2.22. The lowest BCUT2D eigenvalue weighted by Crippen LogP contribution is -2.15. The van der Waals surface area contributed by atoms with Crippen LogP contribution in [0.1, 0.15) is 18.6 Å². The molecule has 0 aliphatic heterocycles. The Hall–Kier alpha value is -1.50. The van der Waals surface area contributed by atoms with Crippen molar-refractivity contribution in [2.45, 2.75) is 30.5 Å². The highest BCUT2D eigenvalue weighted by atomic mass is 35.5. The lowest BCUT2D eigenvalue weighted by Gasteiger charge is -2.05. The molecule has 112 valence electrons. The molecule has 21 heavy (non-hydrogen) atoms. The molecule has 0 bridgehead atoms. The summed E-state index contributed by atoms with van der Waals surface area (Å²) in [6.07, 6.45) is 2.34. The zero-order chi connectivity index (χ0) is 14.9. The number of rotatable bonds is 6. The van der Waals surface area contributed by atoms with Gasteiger partial charge in [-0.15, -0.1) is 0 Å². The number of halogens is 1. The van der Waals surface area contributed by atoms with Gasteiger partial charge in [-0.1, -0.05) is 11.6 Å². The molecule has 0 saturated heterocycles. The Balaban J connectivity index is 1.69. The average molecular weight is 327 g/mol. The van der Waals surface area contributed by atoms with E-state index in [1.807, 2.05) is 0 Å². The van der Waals surface area contributed by atoms with Gasteiger partial charge in [0.05, 0.1) is 6.54 Å². The molecule has 1 aliphatic carbocycles. The van der Waals surface area contributed by atoms with Gasteiger partial charge in [-0.3, -0.25) is 4.72 Å². The first kappa shape index (κ1) is 14.4. The molecule has 0 radical (unpaired) electrons. The maximum Gasteiger partial charge on any atom is 0.295 e. The molecule has 0 atom stereocenters. The molecule has 2 N–H and O–H groups in total. The van der Waals surface area contributed by atoms with Gasteiger partial charge in [0.25, 0.3) is 10.0 Å². The summed E-state index contributed by atoms with van der Waals surface area (Å²) in [5.41, 5.74) is 0.438. The minimum atomic E-state index is -3.72. The van der Waals surface area contributed by atoms with E-state index in [0.717, 1.165) is 0 Å². The molecule has 1 saturated carbocycles. The van der Waals surface area contributed by atoms with Crippen molar-refractivity contribution in [1.82, 2.24) is 5.32 Å². The molecule has 1 fully saturated rings. The number of benzene rings is 1. The van der Waals surface area contributed by atoms with Gasteiger partial charge in [-0.2, -0.15) is 8.42 Å². The monoisotopic (exact) mass is 326 g/mol. The zero-order valence-electron chi connectivity index (χ0n) is 11.2. The SMILES string of the molecule is O=S(=O)(Nc1ccc(Cl)cc1)c1ccc(CNC2CC2)o1. The fraction of sp³-hybridized carbons (Fsp3) is 0.286. The van der Waals surface area contributed by atoms with Gasteiger partial charge in [0.1, 0.15) is 5.76 Å². The fourth-order valence-corrected chi connectivity index (χ4v) is 2.99. The van der Waals surface area contributed by atoms with Crippen molar-refractivity contribution < 1.29 is 12.8 Å². The predicted octanol–water partition coefficient (Wildman–Crippen LogP) is 2.99. The largest absolute Gasteiger partial charge is 0.446 e. The third kappa shape index (κ3) is 3.78. The van der Waals surface area contributed by atoms with Crippen molar-refractivity contribution in [2.75, 3.05) is 4.72 Å². The van der Waals surface area contributed by atoms with E-state index in [-0.39, 0.29) is 5.09 Å². The second kappa shape index (κ2) is 5.71. The molecule has 7 heteroatoms. The summed E-state index contributed by atoms with van der Waals surface area (Å²) in [5.74, 6) is 0.610. The first-order valence-electron chi connectivity index (χ1n) is 6.63. The summed E-state index contributed by atoms with van der Waals surface area (Å²) in [5, 5.41) is 3.72. The van der Waals surface area contributed by atoms with Crippen LogP contribution in [-0.4, -0.2) is 14.5 Å². The van der Waals surface area contributed by atoms with Gasteiger partial charge >= 0.3 is 0 Å². The summed E-state index contributed by atoms with van der Waals surface area (Å²) in [4.78, 5) is 0. The molecule has 2 aromatic rings. The Kier molecular flexibility index (Phi) is 3.93. The highest BCUT2D eigenvalue weighted by molar-refractivity contribution is 7.92. The molecule has 3 rings (SSSR count). The van der Waals surface area contributed by atoms with Crippen LogP contribution >= 0.6 is 11.6 Å². The zero-order valence-corrected chi connectivity index (χ0v) is 12.7.